The van der Waals surface area contributed by atoms with Crippen molar-refractivity contribution in [1.29, 1.82) is 0 Å². The summed E-state index contributed by atoms with van der Waals surface area (Å²) in [6, 6.07) is 5.87. The zero-order chi connectivity index (χ0) is 24.5. The van der Waals surface area contributed by atoms with Gasteiger partial charge in [-0.15, -0.1) is 11.3 Å². The number of Topliss-reactive ketones (excluding diaryl/α,β-unsaturated/α-hetero) is 1. The van der Waals surface area contributed by atoms with Crippen LogP contribution in [0.3, 0.4) is 0 Å². The first kappa shape index (κ1) is 23.3. The second kappa shape index (κ2) is 9.17. The van der Waals surface area contributed by atoms with Gasteiger partial charge in [-0.2, -0.15) is 18.3 Å². The number of amides is 1. The normalized spacial score (nSPS) is 11.6. The van der Waals surface area contributed by atoms with Crippen molar-refractivity contribution in [2.24, 2.45) is 7.05 Å². The molecule has 0 aliphatic rings. The standard InChI is InChI=1S/C21H18F3N7O2S/c1-11(32)14-4-3-13(34-14)9-26-19-16-18(31(2)30-19)17(29-10-28-16)20(33)27-8-12-5-6-25-15(7-12)21(22,23)24/h3-7,10H,8-9H2,1-2H3,(H,26,30)(H,27,33). The zero-order valence-corrected chi connectivity index (χ0v) is 18.8. The van der Waals surface area contributed by atoms with Gasteiger partial charge in [-0.25, -0.2) is 9.97 Å². The molecule has 0 radical (unpaired) electrons. The summed E-state index contributed by atoms with van der Waals surface area (Å²) in [7, 11) is 1.63. The van der Waals surface area contributed by atoms with E-state index < -0.39 is 17.8 Å². The van der Waals surface area contributed by atoms with Crippen molar-refractivity contribution in [1.82, 2.24) is 30.0 Å². The van der Waals surface area contributed by atoms with Gasteiger partial charge >= 0.3 is 6.18 Å². The molecule has 4 aromatic heterocycles. The van der Waals surface area contributed by atoms with E-state index in [0.717, 1.165) is 17.1 Å². The summed E-state index contributed by atoms with van der Waals surface area (Å²) in [5.41, 5.74) is 0.0209. The second-order valence-corrected chi connectivity index (χ2v) is 8.47. The molecule has 0 unspecified atom stereocenters. The van der Waals surface area contributed by atoms with Crippen molar-refractivity contribution in [2.75, 3.05) is 5.32 Å². The Bertz CT molecular complexity index is 1380. The quantitative estimate of drug-likeness (QED) is 0.381. The van der Waals surface area contributed by atoms with Crippen molar-refractivity contribution in [3.05, 3.63) is 63.5 Å². The molecule has 0 spiro atoms. The van der Waals surface area contributed by atoms with Gasteiger partial charge in [-0.3, -0.25) is 19.3 Å². The molecular formula is C21H18F3N7O2S. The summed E-state index contributed by atoms with van der Waals surface area (Å²) >= 11 is 1.37. The molecule has 0 aliphatic carbocycles. The first-order valence-electron chi connectivity index (χ1n) is 9.95. The summed E-state index contributed by atoms with van der Waals surface area (Å²) in [5.74, 6) is -0.170. The molecule has 4 heterocycles. The predicted molar refractivity (Wildman–Crippen MR) is 118 cm³/mol. The van der Waals surface area contributed by atoms with Gasteiger partial charge in [0.05, 0.1) is 11.4 Å². The number of ketones is 1. The van der Waals surface area contributed by atoms with Crippen LogP contribution in [0, 0.1) is 0 Å². The number of pyridine rings is 1. The fraction of sp³-hybridized carbons (Fsp3) is 0.238. The van der Waals surface area contributed by atoms with Crippen LogP contribution < -0.4 is 10.6 Å². The lowest BCUT2D eigenvalue weighted by Crippen LogP contribution is -2.25. The highest BCUT2D eigenvalue weighted by Crippen LogP contribution is 2.28. The van der Waals surface area contributed by atoms with Crippen LogP contribution >= 0.6 is 11.3 Å². The summed E-state index contributed by atoms with van der Waals surface area (Å²) in [5, 5.41) is 10.1. The lowest BCUT2D eigenvalue weighted by Gasteiger charge is -2.09. The fourth-order valence-electron chi connectivity index (χ4n) is 3.23. The number of halogens is 3. The van der Waals surface area contributed by atoms with Crippen molar-refractivity contribution >= 4 is 39.9 Å². The van der Waals surface area contributed by atoms with E-state index in [4.69, 9.17) is 0 Å². The van der Waals surface area contributed by atoms with Gasteiger partial charge in [0.15, 0.2) is 17.3 Å². The minimum absolute atomic E-state index is 0.00988. The highest BCUT2D eigenvalue weighted by atomic mass is 32.1. The van der Waals surface area contributed by atoms with Crippen LogP contribution in [-0.2, 0) is 26.3 Å². The third kappa shape index (κ3) is 4.88. The molecule has 34 heavy (non-hydrogen) atoms. The number of hydrogen-bond donors (Lipinski definition) is 2. The Morgan fingerprint density at radius 2 is 1.91 bits per heavy atom. The maximum atomic E-state index is 12.9. The molecule has 13 heteroatoms. The molecule has 0 fully saturated rings. The smallest absolute Gasteiger partial charge is 0.362 e. The van der Waals surface area contributed by atoms with Crippen molar-refractivity contribution < 1.29 is 22.8 Å². The van der Waals surface area contributed by atoms with Crippen LogP contribution in [0.1, 0.15) is 43.2 Å². The number of carbonyl (C=O) groups is 2. The van der Waals surface area contributed by atoms with E-state index in [-0.39, 0.29) is 23.6 Å². The van der Waals surface area contributed by atoms with E-state index in [9.17, 15) is 22.8 Å². The van der Waals surface area contributed by atoms with Crippen LogP contribution in [0.4, 0.5) is 19.0 Å². The number of carbonyl (C=O) groups excluding carboxylic acids is 2. The van der Waals surface area contributed by atoms with E-state index in [1.165, 1.54) is 35.3 Å². The molecule has 0 saturated heterocycles. The summed E-state index contributed by atoms with van der Waals surface area (Å²) in [6.07, 6.45) is -2.32. The molecule has 1 amide bonds. The number of nitrogens with one attached hydrogen (secondary N) is 2. The average molecular weight is 489 g/mol. The number of fused-ring (bicyclic) bond motifs is 1. The SMILES string of the molecule is CC(=O)c1ccc(CNc2nn(C)c3c(C(=O)NCc4ccnc(C(F)(F)F)c4)ncnc23)s1. The molecule has 176 valence electrons. The van der Waals surface area contributed by atoms with Gasteiger partial charge in [-0.05, 0) is 36.8 Å². The number of anilines is 1. The van der Waals surface area contributed by atoms with Gasteiger partial charge in [0.1, 0.15) is 23.1 Å². The van der Waals surface area contributed by atoms with Crippen molar-refractivity contribution in [2.45, 2.75) is 26.2 Å². The largest absolute Gasteiger partial charge is 0.433 e. The number of hydrogen-bond acceptors (Lipinski definition) is 8. The molecular weight excluding hydrogens is 471 g/mol. The number of nitrogens with zero attached hydrogens (tertiary/aromatic N) is 5. The van der Waals surface area contributed by atoms with Crippen LogP contribution in [0.2, 0.25) is 0 Å². The minimum Gasteiger partial charge on any atom is -0.362 e. The zero-order valence-electron chi connectivity index (χ0n) is 18.0. The Morgan fingerprint density at radius 3 is 2.62 bits per heavy atom. The van der Waals surface area contributed by atoms with Gasteiger partial charge in [0.2, 0.25) is 0 Å². The Labute approximate surface area is 195 Å². The molecule has 0 atom stereocenters. The van der Waals surface area contributed by atoms with Crippen molar-refractivity contribution in [3.63, 3.8) is 0 Å². The highest BCUT2D eigenvalue weighted by Gasteiger charge is 2.32. The number of aromatic nitrogens is 5. The average Bonchev–Trinajstić information content (AvgIpc) is 3.40. The van der Waals surface area contributed by atoms with Gasteiger partial charge in [-0.1, -0.05) is 0 Å². The third-order valence-electron chi connectivity index (χ3n) is 4.84. The Hall–Kier alpha value is -3.87. The van der Waals surface area contributed by atoms with Crippen LogP contribution in [-0.4, -0.2) is 36.4 Å². The lowest BCUT2D eigenvalue weighted by molar-refractivity contribution is -0.141. The Balaban J connectivity index is 1.51. The van der Waals surface area contributed by atoms with E-state index in [1.54, 1.807) is 13.1 Å². The number of rotatable bonds is 7. The van der Waals surface area contributed by atoms with E-state index in [2.05, 4.69) is 30.7 Å². The van der Waals surface area contributed by atoms with Crippen LogP contribution in [0.5, 0.6) is 0 Å². The fourth-order valence-corrected chi connectivity index (χ4v) is 4.07. The lowest BCUT2D eigenvalue weighted by atomic mass is 10.2. The number of aryl methyl sites for hydroxylation is 1. The third-order valence-corrected chi connectivity index (χ3v) is 6.03. The summed E-state index contributed by atoms with van der Waals surface area (Å²) < 4.78 is 40.0. The molecule has 0 aromatic carbocycles. The molecule has 0 aliphatic heterocycles. The van der Waals surface area contributed by atoms with E-state index >= 15 is 0 Å². The van der Waals surface area contributed by atoms with E-state index in [0.29, 0.717) is 28.3 Å². The topological polar surface area (TPSA) is 115 Å². The second-order valence-electron chi connectivity index (χ2n) is 7.30. The maximum absolute atomic E-state index is 12.9. The number of alkyl halides is 3. The number of thiophene rings is 1. The van der Waals surface area contributed by atoms with Crippen LogP contribution in [0.25, 0.3) is 11.0 Å². The van der Waals surface area contributed by atoms with Gasteiger partial charge < -0.3 is 10.6 Å². The molecule has 0 bridgehead atoms. The Kier molecular flexibility index (Phi) is 6.28. The molecule has 0 saturated carbocycles. The first-order chi connectivity index (χ1) is 16.1. The van der Waals surface area contributed by atoms with Gasteiger partial charge in [0.25, 0.3) is 5.91 Å². The molecule has 9 nitrogen and oxygen atoms in total. The molecule has 4 aromatic rings. The first-order valence-corrected chi connectivity index (χ1v) is 10.8. The van der Waals surface area contributed by atoms with Gasteiger partial charge in [0, 0.05) is 24.7 Å². The van der Waals surface area contributed by atoms with E-state index in [1.807, 2.05) is 6.07 Å². The maximum Gasteiger partial charge on any atom is 0.433 e. The Morgan fingerprint density at radius 1 is 1.12 bits per heavy atom. The highest BCUT2D eigenvalue weighted by molar-refractivity contribution is 7.14. The minimum atomic E-state index is -4.58. The summed E-state index contributed by atoms with van der Waals surface area (Å²) in [6.45, 7) is 1.76. The molecule has 2 N–H and O–H groups in total. The van der Waals surface area contributed by atoms with Crippen LogP contribution in [0.15, 0.2) is 36.8 Å². The van der Waals surface area contributed by atoms with Crippen molar-refractivity contribution in [3.8, 4) is 0 Å². The predicted octanol–water partition coefficient (Wildman–Crippen LogP) is 3.58. The monoisotopic (exact) mass is 489 g/mol. The molecule has 4 rings (SSSR count). The summed E-state index contributed by atoms with van der Waals surface area (Å²) in [4.78, 5) is 37.4.